The summed E-state index contributed by atoms with van der Waals surface area (Å²) in [5, 5.41) is 2.09. The third-order valence-electron chi connectivity index (χ3n) is 2.76. The second kappa shape index (κ2) is 6.92. The van der Waals surface area contributed by atoms with Gasteiger partial charge in [0.2, 0.25) is 5.96 Å². The fourth-order valence-electron chi connectivity index (χ4n) is 1.69. The summed E-state index contributed by atoms with van der Waals surface area (Å²) >= 11 is 1.77. The predicted molar refractivity (Wildman–Crippen MR) is 81.5 cm³/mol. The molecule has 0 atom stereocenters. The average Bonchev–Trinajstić information content (AvgIpc) is 2.96. The van der Waals surface area contributed by atoms with Gasteiger partial charge in [-0.1, -0.05) is 24.3 Å². The largest absolute Gasteiger partial charge is 0.344 e. The third kappa shape index (κ3) is 4.08. The van der Waals surface area contributed by atoms with E-state index in [4.69, 9.17) is 5.84 Å². The maximum absolute atomic E-state index is 5.55. The predicted octanol–water partition coefficient (Wildman–Crippen LogP) is 2.37. The first kappa shape index (κ1) is 13.6. The van der Waals surface area contributed by atoms with Crippen LogP contribution in [0.15, 0.2) is 52.8 Å². The second-order valence-electron chi connectivity index (χ2n) is 4.17. The van der Waals surface area contributed by atoms with Crippen LogP contribution in [-0.2, 0) is 6.42 Å². The minimum Gasteiger partial charge on any atom is -0.344 e. The SMILES string of the molecule is CN(CCc1cccs1)C(=Nc1ccccc1)NN. The summed E-state index contributed by atoms with van der Waals surface area (Å²) in [6.45, 7) is 0.871. The van der Waals surface area contributed by atoms with Crippen molar-refractivity contribution in [2.45, 2.75) is 6.42 Å². The lowest BCUT2D eigenvalue weighted by atomic mass is 10.3. The van der Waals surface area contributed by atoms with Gasteiger partial charge >= 0.3 is 0 Å². The normalized spacial score (nSPS) is 11.4. The molecule has 0 saturated carbocycles. The molecule has 100 valence electrons. The Labute approximate surface area is 117 Å². The number of likely N-dealkylation sites (N-methyl/N-ethyl adjacent to an activating group) is 1. The topological polar surface area (TPSA) is 53.6 Å². The van der Waals surface area contributed by atoms with Gasteiger partial charge in [0.25, 0.3) is 0 Å². The van der Waals surface area contributed by atoms with E-state index in [0.717, 1.165) is 18.7 Å². The van der Waals surface area contributed by atoms with E-state index in [2.05, 4.69) is 27.9 Å². The highest BCUT2D eigenvalue weighted by Crippen LogP contribution is 2.12. The molecule has 0 bridgehead atoms. The molecule has 0 radical (unpaired) electrons. The fraction of sp³-hybridized carbons (Fsp3) is 0.214. The summed E-state index contributed by atoms with van der Waals surface area (Å²) in [4.78, 5) is 7.87. The number of benzene rings is 1. The van der Waals surface area contributed by atoms with Crippen LogP contribution in [0, 0.1) is 0 Å². The zero-order valence-corrected chi connectivity index (χ0v) is 11.7. The number of nitrogens with two attached hydrogens (primary N) is 1. The van der Waals surface area contributed by atoms with E-state index >= 15 is 0 Å². The van der Waals surface area contributed by atoms with Crippen LogP contribution in [0.3, 0.4) is 0 Å². The Hall–Kier alpha value is -1.85. The van der Waals surface area contributed by atoms with Crippen LogP contribution < -0.4 is 11.3 Å². The van der Waals surface area contributed by atoms with Crippen LogP contribution in [0.25, 0.3) is 0 Å². The molecule has 0 fully saturated rings. The van der Waals surface area contributed by atoms with E-state index < -0.39 is 0 Å². The number of thiophene rings is 1. The monoisotopic (exact) mass is 274 g/mol. The molecule has 5 heteroatoms. The molecule has 1 aromatic heterocycles. The molecule has 0 unspecified atom stereocenters. The van der Waals surface area contributed by atoms with E-state index in [1.165, 1.54) is 4.88 Å². The van der Waals surface area contributed by atoms with Crippen LogP contribution in [0.2, 0.25) is 0 Å². The molecule has 3 N–H and O–H groups in total. The zero-order chi connectivity index (χ0) is 13.5. The molecule has 1 heterocycles. The number of guanidine groups is 1. The molecular weight excluding hydrogens is 256 g/mol. The maximum atomic E-state index is 5.55. The van der Waals surface area contributed by atoms with Crippen molar-refractivity contribution < 1.29 is 0 Å². The fourth-order valence-corrected chi connectivity index (χ4v) is 2.39. The van der Waals surface area contributed by atoms with Crippen molar-refractivity contribution in [2.24, 2.45) is 10.8 Å². The zero-order valence-electron chi connectivity index (χ0n) is 10.9. The Morgan fingerprint density at radius 2 is 2.05 bits per heavy atom. The summed E-state index contributed by atoms with van der Waals surface area (Å²) in [6.07, 6.45) is 0.990. The van der Waals surface area contributed by atoms with Gasteiger partial charge in [-0.05, 0) is 30.0 Å². The van der Waals surface area contributed by atoms with Crippen molar-refractivity contribution in [3.05, 3.63) is 52.7 Å². The third-order valence-corrected chi connectivity index (χ3v) is 3.69. The lowest BCUT2D eigenvalue weighted by molar-refractivity contribution is 0.490. The van der Waals surface area contributed by atoms with Gasteiger partial charge < -0.3 is 4.90 Å². The number of nitrogens with zero attached hydrogens (tertiary/aromatic N) is 2. The molecule has 0 amide bonds. The van der Waals surface area contributed by atoms with E-state index in [1.807, 2.05) is 42.3 Å². The Morgan fingerprint density at radius 3 is 2.68 bits per heavy atom. The van der Waals surface area contributed by atoms with Crippen LogP contribution in [0.4, 0.5) is 5.69 Å². The Morgan fingerprint density at radius 1 is 1.26 bits per heavy atom. The standard InChI is InChI=1S/C14H18N4S/c1-18(10-9-13-8-5-11-19-13)14(17-15)16-12-6-3-2-4-7-12/h2-8,11H,9-10,15H2,1H3,(H,16,17). The number of nitrogens with one attached hydrogen (secondary N) is 1. The molecule has 0 aliphatic heterocycles. The molecule has 0 aliphatic carbocycles. The van der Waals surface area contributed by atoms with Gasteiger partial charge in [-0.3, -0.25) is 5.43 Å². The molecule has 4 nitrogen and oxygen atoms in total. The highest BCUT2D eigenvalue weighted by molar-refractivity contribution is 7.09. The van der Waals surface area contributed by atoms with Crippen LogP contribution in [0.1, 0.15) is 4.88 Å². The van der Waals surface area contributed by atoms with Crippen molar-refractivity contribution in [2.75, 3.05) is 13.6 Å². The minimum atomic E-state index is 0.669. The molecule has 0 spiro atoms. The highest BCUT2D eigenvalue weighted by Gasteiger charge is 2.05. The van der Waals surface area contributed by atoms with E-state index in [1.54, 1.807) is 11.3 Å². The lowest BCUT2D eigenvalue weighted by Gasteiger charge is -2.20. The van der Waals surface area contributed by atoms with Gasteiger partial charge in [0, 0.05) is 18.5 Å². The summed E-state index contributed by atoms with van der Waals surface area (Å²) in [7, 11) is 1.98. The number of rotatable bonds is 4. The number of hydrogen-bond donors (Lipinski definition) is 2. The van der Waals surface area contributed by atoms with Gasteiger partial charge in [0.15, 0.2) is 0 Å². The summed E-state index contributed by atoms with van der Waals surface area (Å²) in [6, 6.07) is 14.0. The van der Waals surface area contributed by atoms with Crippen LogP contribution in [-0.4, -0.2) is 24.5 Å². The second-order valence-corrected chi connectivity index (χ2v) is 5.20. The van der Waals surface area contributed by atoms with Crippen molar-refractivity contribution in [1.29, 1.82) is 0 Å². The minimum absolute atomic E-state index is 0.669. The van der Waals surface area contributed by atoms with E-state index in [-0.39, 0.29) is 0 Å². The molecule has 2 rings (SSSR count). The summed E-state index contributed by atoms with van der Waals surface area (Å²) in [5.41, 5.74) is 3.55. The van der Waals surface area contributed by atoms with Gasteiger partial charge in [-0.15, -0.1) is 11.3 Å². The van der Waals surface area contributed by atoms with Crippen LogP contribution in [0.5, 0.6) is 0 Å². The van der Waals surface area contributed by atoms with E-state index in [9.17, 15) is 0 Å². The Bertz CT molecular complexity index is 508. The highest BCUT2D eigenvalue weighted by atomic mass is 32.1. The summed E-state index contributed by atoms with van der Waals surface area (Å²) < 4.78 is 0. The quantitative estimate of drug-likeness (QED) is 0.389. The smallest absolute Gasteiger partial charge is 0.213 e. The molecular formula is C14H18N4S. The number of hydrazine groups is 1. The molecule has 19 heavy (non-hydrogen) atoms. The van der Waals surface area contributed by atoms with Crippen molar-refractivity contribution in [3.63, 3.8) is 0 Å². The average molecular weight is 274 g/mol. The molecule has 0 aliphatic rings. The number of aliphatic imine (C=N–C) groups is 1. The first-order valence-corrected chi connectivity index (χ1v) is 7.01. The molecule has 0 saturated heterocycles. The first-order chi connectivity index (χ1) is 9.29. The van der Waals surface area contributed by atoms with Gasteiger partial charge in [0.05, 0.1) is 5.69 Å². The molecule has 1 aromatic carbocycles. The van der Waals surface area contributed by atoms with Gasteiger partial charge in [0.1, 0.15) is 0 Å². The number of para-hydroxylation sites is 1. The first-order valence-electron chi connectivity index (χ1n) is 6.13. The number of hydrogen-bond acceptors (Lipinski definition) is 3. The van der Waals surface area contributed by atoms with Crippen molar-refractivity contribution in [3.8, 4) is 0 Å². The molecule has 2 aromatic rings. The van der Waals surface area contributed by atoms with Crippen molar-refractivity contribution >= 4 is 23.0 Å². The van der Waals surface area contributed by atoms with Crippen LogP contribution >= 0.6 is 11.3 Å². The van der Waals surface area contributed by atoms with E-state index in [0.29, 0.717) is 5.96 Å². The lowest BCUT2D eigenvalue weighted by Crippen LogP contribution is -2.43. The maximum Gasteiger partial charge on any atom is 0.213 e. The van der Waals surface area contributed by atoms with Gasteiger partial charge in [-0.2, -0.15) is 0 Å². The Kier molecular flexibility index (Phi) is 4.94. The van der Waals surface area contributed by atoms with Crippen molar-refractivity contribution in [1.82, 2.24) is 10.3 Å². The summed E-state index contributed by atoms with van der Waals surface area (Å²) in [5.74, 6) is 6.22. The van der Waals surface area contributed by atoms with Gasteiger partial charge in [-0.25, -0.2) is 10.8 Å². The Balaban J connectivity index is 1.98.